The fourth-order valence-electron chi connectivity index (χ4n) is 1.57. The Kier molecular flexibility index (Phi) is 5.84. The van der Waals surface area contributed by atoms with Gasteiger partial charge in [0.05, 0.1) is 0 Å². The molecule has 1 aromatic carbocycles. The fraction of sp³-hybridized carbons (Fsp3) is 0.500. The Morgan fingerprint density at radius 3 is 2.40 bits per heavy atom. The highest BCUT2D eigenvalue weighted by atomic mass is 35.5. The van der Waals surface area contributed by atoms with Gasteiger partial charge in [0.15, 0.2) is 0 Å². The largest absolute Gasteiger partial charge is 0.324 e. The van der Waals surface area contributed by atoms with Crippen molar-refractivity contribution in [2.75, 3.05) is 0 Å². The standard InChI is InChI=1S/C12H18FN.ClH/c1-8(2)6-12(14)10-5-4-9(3)7-11(10)13;/h4-5,7-8,12H,6,14H2,1-3H3;1H/t12-;/m1./s1. The summed E-state index contributed by atoms with van der Waals surface area (Å²) in [6.07, 6.45) is 0.819. The molecule has 0 radical (unpaired) electrons. The van der Waals surface area contributed by atoms with Gasteiger partial charge in [0.25, 0.3) is 0 Å². The Morgan fingerprint density at radius 2 is 1.93 bits per heavy atom. The molecular formula is C12H19ClFN. The Hall–Kier alpha value is -0.600. The third-order valence-electron chi connectivity index (χ3n) is 2.28. The molecule has 0 heterocycles. The lowest BCUT2D eigenvalue weighted by atomic mass is 9.97. The number of rotatable bonds is 3. The second kappa shape index (κ2) is 6.09. The lowest BCUT2D eigenvalue weighted by Gasteiger charge is -2.15. The Balaban J connectivity index is 0.00000196. The zero-order chi connectivity index (χ0) is 10.7. The van der Waals surface area contributed by atoms with E-state index in [9.17, 15) is 4.39 Å². The van der Waals surface area contributed by atoms with Crippen molar-refractivity contribution in [2.45, 2.75) is 33.2 Å². The molecule has 0 bridgehead atoms. The maximum atomic E-state index is 13.5. The molecule has 1 atom stereocenters. The molecule has 2 N–H and O–H groups in total. The van der Waals surface area contributed by atoms with Gasteiger partial charge in [-0.3, -0.25) is 0 Å². The molecule has 0 aromatic heterocycles. The molecule has 1 rings (SSSR count). The monoisotopic (exact) mass is 231 g/mol. The highest BCUT2D eigenvalue weighted by molar-refractivity contribution is 5.85. The zero-order valence-electron chi connectivity index (χ0n) is 9.46. The Bertz CT molecular complexity index is 312. The number of hydrogen-bond acceptors (Lipinski definition) is 1. The molecular weight excluding hydrogens is 213 g/mol. The number of benzene rings is 1. The molecule has 15 heavy (non-hydrogen) atoms. The van der Waals surface area contributed by atoms with Crippen LogP contribution >= 0.6 is 12.4 Å². The average Bonchev–Trinajstić information content (AvgIpc) is 2.01. The smallest absolute Gasteiger partial charge is 0.128 e. The summed E-state index contributed by atoms with van der Waals surface area (Å²) in [6.45, 7) is 6.05. The van der Waals surface area contributed by atoms with Crippen LogP contribution in [0.4, 0.5) is 4.39 Å². The van der Waals surface area contributed by atoms with E-state index in [0.717, 1.165) is 12.0 Å². The van der Waals surface area contributed by atoms with E-state index < -0.39 is 0 Å². The van der Waals surface area contributed by atoms with Crippen LogP contribution in [0, 0.1) is 18.7 Å². The third-order valence-corrected chi connectivity index (χ3v) is 2.28. The minimum Gasteiger partial charge on any atom is -0.324 e. The molecule has 0 unspecified atom stereocenters. The summed E-state index contributed by atoms with van der Waals surface area (Å²) in [5.74, 6) is 0.309. The Morgan fingerprint density at radius 1 is 1.33 bits per heavy atom. The van der Waals surface area contributed by atoms with E-state index in [-0.39, 0.29) is 24.3 Å². The zero-order valence-corrected chi connectivity index (χ0v) is 10.3. The average molecular weight is 232 g/mol. The number of halogens is 2. The van der Waals surface area contributed by atoms with Gasteiger partial charge < -0.3 is 5.73 Å². The first-order valence-corrected chi connectivity index (χ1v) is 5.02. The van der Waals surface area contributed by atoms with Crippen molar-refractivity contribution < 1.29 is 4.39 Å². The van der Waals surface area contributed by atoms with E-state index in [2.05, 4.69) is 13.8 Å². The molecule has 0 aliphatic carbocycles. The van der Waals surface area contributed by atoms with Gasteiger partial charge in [-0.15, -0.1) is 12.4 Å². The first-order valence-electron chi connectivity index (χ1n) is 5.02. The normalized spacial score (nSPS) is 12.4. The SMILES string of the molecule is Cc1ccc([C@H](N)CC(C)C)c(F)c1.Cl. The molecule has 1 aromatic rings. The van der Waals surface area contributed by atoms with Gasteiger partial charge >= 0.3 is 0 Å². The van der Waals surface area contributed by atoms with Crippen molar-refractivity contribution >= 4 is 12.4 Å². The van der Waals surface area contributed by atoms with Gasteiger partial charge in [0.2, 0.25) is 0 Å². The second-order valence-corrected chi connectivity index (χ2v) is 4.26. The Labute approximate surface area is 97.3 Å². The maximum absolute atomic E-state index is 13.5. The molecule has 86 valence electrons. The molecule has 0 amide bonds. The predicted octanol–water partition coefficient (Wildman–Crippen LogP) is 3.60. The topological polar surface area (TPSA) is 26.0 Å². The van der Waals surface area contributed by atoms with Crippen LogP contribution < -0.4 is 5.73 Å². The molecule has 0 saturated carbocycles. The van der Waals surface area contributed by atoms with Crippen LogP contribution in [-0.4, -0.2) is 0 Å². The van der Waals surface area contributed by atoms with Crippen LogP contribution in [0.3, 0.4) is 0 Å². The van der Waals surface area contributed by atoms with Crippen molar-refractivity contribution in [1.82, 2.24) is 0 Å². The van der Waals surface area contributed by atoms with Gasteiger partial charge in [-0.2, -0.15) is 0 Å². The molecule has 0 saturated heterocycles. The summed E-state index contributed by atoms with van der Waals surface area (Å²) >= 11 is 0. The lowest BCUT2D eigenvalue weighted by Crippen LogP contribution is -2.14. The van der Waals surface area contributed by atoms with Crippen LogP contribution in [0.2, 0.25) is 0 Å². The predicted molar refractivity (Wildman–Crippen MR) is 64.8 cm³/mol. The maximum Gasteiger partial charge on any atom is 0.128 e. The molecule has 0 aliphatic heterocycles. The summed E-state index contributed by atoms with van der Waals surface area (Å²) in [5, 5.41) is 0. The van der Waals surface area contributed by atoms with Gasteiger partial charge in [-0.1, -0.05) is 26.0 Å². The number of nitrogens with two attached hydrogens (primary N) is 1. The van der Waals surface area contributed by atoms with Gasteiger partial charge in [-0.05, 0) is 30.9 Å². The highest BCUT2D eigenvalue weighted by Crippen LogP contribution is 2.21. The minimum atomic E-state index is -0.185. The molecule has 3 heteroatoms. The van der Waals surface area contributed by atoms with Crippen molar-refractivity contribution in [3.05, 3.63) is 35.1 Å². The first kappa shape index (κ1) is 14.4. The summed E-state index contributed by atoms with van der Waals surface area (Å²) in [6, 6.07) is 5.04. The summed E-state index contributed by atoms with van der Waals surface area (Å²) < 4.78 is 13.5. The highest BCUT2D eigenvalue weighted by Gasteiger charge is 2.12. The van der Waals surface area contributed by atoms with Crippen molar-refractivity contribution in [2.24, 2.45) is 11.7 Å². The summed E-state index contributed by atoms with van der Waals surface area (Å²) in [7, 11) is 0. The van der Waals surface area contributed by atoms with Crippen LogP contribution in [0.1, 0.15) is 37.4 Å². The molecule has 0 aliphatic rings. The quantitative estimate of drug-likeness (QED) is 0.845. The van der Waals surface area contributed by atoms with E-state index >= 15 is 0 Å². The summed E-state index contributed by atoms with van der Waals surface area (Å²) in [4.78, 5) is 0. The van der Waals surface area contributed by atoms with Crippen molar-refractivity contribution in [3.8, 4) is 0 Å². The van der Waals surface area contributed by atoms with E-state index in [0.29, 0.717) is 11.5 Å². The molecule has 1 nitrogen and oxygen atoms in total. The molecule has 0 spiro atoms. The first-order chi connectivity index (χ1) is 6.50. The van der Waals surface area contributed by atoms with Gasteiger partial charge in [-0.25, -0.2) is 4.39 Å². The van der Waals surface area contributed by atoms with E-state index in [1.165, 1.54) is 6.07 Å². The van der Waals surface area contributed by atoms with E-state index in [1.54, 1.807) is 6.07 Å². The minimum absolute atomic E-state index is 0. The third kappa shape index (κ3) is 4.18. The molecule has 0 fully saturated rings. The van der Waals surface area contributed by atoms with Crippen molar-refractivity contribution in [1.29, 1.82) is 0 Å². The second-order valence-electron chi connectivity index (χ2n) is 4.26. The van der Waals surface area contributed by atoms with E-state index in [1.807, 2.05) is 13.0 Å². The van der Waals surface area contributed by atoms with Gasteiger partial charge in [0, 0.05) is 11.6 Å². The van der Waals surface area contributed by atoms with Crippen LogP contribution in [0.15, 0.2) is 18.2 Å². The van der Waals surface area contributed by atoms with Crippen molar-refractivity contribution in [3.63, 3.8) is 0 Å². The van der Waals surface area contributed by atoms with Crippen LogP contribution in [0.25, 0.3) is 0 Å². The van der Waals surface area contributed by atoms with E-state index in [4.69, 9.17) is 5.73 Å². The van der Waals surface area contributed by atoms with Gasteiger partial charge in [0.1, 0.15) is 5.82 Å². The number of hydrogen-bond donors (Lipinski definition) is 1. The van der Waals surface area contributed by atoms with Crippen LogP contribution in [-0.2, 0) is 0 Å². The summed E-state index contributed by atoms with van der Waals surface area (Å²) in [5.41, 5.74) is 7.47. The fourth-order valence-corrected chi connectivity index (χ4v) is 1.57. The van der Waals surface area contributed by atoms with Crippen LogP contribution in [0.5, 0.6) is 0 Å². The lowest BCUT2D eigenvalue weighted by molar-refractivity contribution is 0.488. The number of aryl methyl sites for hydroxylation is 1.